The number of imidazole rings is 1. The number of nitrogen functional groups attached to an aromatic ring is 1. The summed E-state index contributed by atoms with van der Waals surface area (Å²) >= 11 is 0. The number of aromatic nitrogens is 7. The summed E-state index contributed by atoms with van der Waals surface area (Å²) in [6, 6.07) is 0. The van der Waals surface area contributed by atoms with Crippen molar-refractivity contribution in [2.45, 2.75) is 56.6 Å². The molecular weight excluding hydrogens is 526 g/mol. The summed E-state index contributed by atoms with van der Waals surface area (Å²) in [4.78, 5) is 53.5. The van der Waals surface area contributed by atoms with Crippen LogP contribution in [0.2, 0.25) is 0 Å². The van der Waals surface area contributed by atoms with Gasteiger partial charge >= 0.3 is 215 Å². The standard InChI is InChI=1S/C19H28BN8O9P/c1-8-24-16-15(17(31)25-8)22-6-27(16)14-3-10(11(4-29)35-14)37-38(20,33)34-5-12-9(30)2-13(36-12)28-7-23-18(21)26-19(28)32/h6-7,9-14,29-30,33,38H,2-5,20H2,1H3,(H2,21,26,32)(H,24,25,31)/t9?,10?,11-,12-,13-,14-/m1/s1. The Morgan fingerprint density at radius 3 is 2.63 bits per heavy atom. The fraction of sp³-hybridized carbons (Fsp3) is 0.579. The molecular formula is C19H28BN8O9P. The van der Waals surface area contributed by atoms with Crippen LogP contribution in [0.1, 0.15) is 31.1 Å². The number of fused-ring (bicyclic) bond motifs is 1. The summed E-state index contributed by atoms with van der Waals surface area (Å²) < 4.78 is 25.8. The molecule has 2 unspecified atom stereocenters. The Morgan fingerprint density at radius 1 is 1.18 bits per heavy atom. The number of nitrogens with zero attached hydrogens (tertiary/aromatic N) is 6. The van der Waals surface area contributed by atoms with Crippen LogP contribution >= 0.6 is 7.82 Å². The maximum absolute atomic E-state index is 12.2. The van der Waals surface area contributed by atoms with Gasteiger partial charge in [0.25, 0.3) is 0 Å². The minimum atomic E-state index is -3.82. The van der Waals surface area contributed by atoms with Crippen molar-refractivity contribution >= 4 is 32.5 Å². The summed E-state index contributed by atoms with van der Waals surface area (Å²) in [6.07, 6.45) is -2.01. The molecule has 2 saturated heterocycles. The molecule has 19 heteroatoms. The molecule has 0 bridgehead atoms. The first-order valence-corrected chi connectivity index (χ1v) is 14.1. The topological polar surface area (TPSA) is 235 Å². The van der Waals surface area contributed by atoms with E-state index in [2.05, 4.69) is 24.9 Å². The predicted molar refractivity (Wildman–Crippen MR) is 134 cm³/mol. The number of nitrogens with two attached hydrogens (primary N) is 1. The van der Waals surface area contributed by atoms with E-state index in [0.29, 0.717) is 11.5 Å². The van der Waals surface area contributed by atoms with Crippen LogP contribution in [0.25, 0.3) is 11.2 Å². The van der Waals surface area contributed by atoms with Crippen molar-refractivity contribution in [3.63, 3.8) is 0 Å². The minimum absolute atomic E-state index is 0.0751. The molecule has 2 fully saturated rings. The van der Waals surface area contributed by atoms with Crippen LogP contribution in [0, 0.1) is 6.92 Å². The molecule has 2 aliphatic rings. The number of aliphatic hydroxyl groups excluding tert-OH is 2. The van der Waals surface area contributed by atoms with E-state index in [1.807, 2.05) is 0 Å². The molecule has 0 aromatic carbocycles. The Hall–Kier alpha value is -2.83. The van der Waals surface area contributed by atoms with Gasteiger partial charge < -0.3 is 0 Å². The SMILES string of the molecule is B[PH](O)(OC[C@H]1O[C@@H](n2cnc(N)nc2=O)CC1O)OC1C[C@H](n2cnc3c(=O)[nH]c(C)nc32)O[C@@H]1CO. The Kier molecular flexibility index (Phi) is 7.32. The third-order valence-electron chi connectivity index (χ3n) is 6.37. The van der Waals surface area contributed by atoms with Crippen molar-refractivity contribution in [1.29, 1.82) is 0 Å². The van der Waals surface area contributed by atoms with Crippen molar-refractivity contribution in [2.24, 2.45) is 0 Å². The third-order valence-corrected chi connectivity index (χ3v) is 7.81. The number of ether oxygens (including phenoxy) is 2. The summed E-state index contributed by atoms with van der Waals surface area (Å²) in [5, 5.41) is 20.3. The van der Waals surface area contributed by atoms with E-state index in [9.17, 15) is 24.7 Å². The summed E-state index contributed by atoms with van der Waals surface area (Å²) in [5.41, 5.74) is 4.82. The number of aromatic amines is 1. The molecule has 3 aromatic rings. The molecule has 5 rings (SSSR count). The Balaban J connectivity index is 1.22. The Morgan fingerprint density at radius 2 is 1.89 bits per heavy atom. The Labute approximate surface area is 215 Å². The van der Waals surface area contributed by atoms with Crippen LogP contribution in [0.15, 0.2) is 22.2 Å². The number of anilines is 1. The first-order chi connectivity index (χ1) is 18.0. The summed E-state index contributed by atoms with van der Waals surface area (Å²) in [5.74, 6) is 0.231. The Bertz CT molecular complexity index is 1430. The monoisotopic (exact) mass is 554 g/mol. The van der Waals surface area contributed by atoms with E-state index in [1.54, 1.807) is 11.5 Å². The van der Waals surface area contributed by atoms with Gasteiger partial charge in [-0.15, -0.1) is 0 Å². The number of rotatable bonds is 8. The van der Waals surface area contributed by atoms with Gasteiger partial charge in [-0.05, 0) is 0 Å². The van der Waals surface area contributed by atoms with Crippen molar-refractivity contribution in [3.8, 4) is 0 Å². The second-order valence-corrected chi connectivity index (χ2v) is 11.5. The van der Waals surface area contributed by atoms with Gasteiger partial charge in [-0.1, -0.05) is 0 Å². The molecule has 0 spiro atoms. The zero-order valence-corrected chi connectivity index (χ0v) is 21.5. The number of aryl methyl sites for hydroxylation is 1. The summed E-state index contributed by atoms with van der Waals surface area (Å²) in [6.45, 7) is 1.03. The van der Waals surface area contributed by atoms with Crippen LogP contribution in [0.5, 0.6) is 0 Å². The van der Waals surface area contributed by atoms with Gasteiger partial charge in [0, 0.05) is 0 Å². The van der Waals surface area contributed by atoms with Gasteiger partial charge in [-0.3, -0.25) is 0 Å². The average Bonchev–Trinajstić information content (AvgIpc) is 3.54. The number of H-pyrrole nitrogens is 1. The second kappa shape index (κ2) is 10.4. The normalized spacial score (nSPS) is 28.3. The van der Waals surface area contributed by atoms with Crippen LogP contribution in [0.4, 0.5) is 5.95 Å². The van der Waals surface area contributed by atoms with Crippen molar-refractivity contribution < 1.29 is 33.6 Å². The van der Waals surface area contributed by atoms with Crippen LogP contribution < -0.4 is 17.0 Å². The first-order valence-electron chi connectivity index (χ1n) is 11.8. The fourth-order valence-electron chi connectivity index (χ4n) is 4.55. The van der Waals surface area contributed by atoms with E-state index < -0.39 is 57.0 Å². The van der Waals surface area contributed by atoms with Gasteiger partial charge in [0.15, 0.2) is 0 Å². The molecule has 0 radical (unpaired) electrons. The van der Waals surface area contributed by atoms with E-state index in [-0.39, 0.29) is 36.5 Å². The van der Waals surface area contributed by atoms with Gasteiger partial charge in [0.2, 0.25) is 0 Å². The second-order valence-electron chi connectivity index (χ2n) is 9.22. The van der Waals surface area contributed by atoms with E-state index >= 15 is 0 Å². The molecule has 2 aliphatic heterocycles. The average molecular weight is 554 g/mol. The molecule has 0 aliphatic carbocycles. The maximum atomic E-state index is 12.2. The van der Waals surface area contributed by atoms with E-state index in [1.165, 1.54) is 20.2 Å². The molecule has 6 N–H and O–H groups in total. The van der Waals surface area contributed by atoms with Crippen molar-refractivity contribution in [1.82, 2.24) is 34.1 Å². The zero-order valence-electron chi connectivity index (χ0n) is 20.5. The molecule has 6 atom stereocenters. The number of nitrogens with one attached hydrogen (secondary N) is 1. The third kappa shape index (κ3) is 5.34. The molecule has 5 heterocycles. The predicted octanol–water partition coefficient (Wildman–Crippen LogP) is -2.97. The van der Waals surface area contributed by atoms with Gasteiger partial charge in [-0.25, -0.2) is 0 Å². The summed E-state index contributed by atoms with van der Waals surface area (Å²) in [7, 11) is -2.42. The molecule has 0 amide bonds. The fourth-order valence-corrected chi connectivity index (χ4v) is 5.90. The van der Waals surface area contributed by atoms with E-state index in [4.69, 9.17) is 24.3 Å². The van der Waals surface area contributed by atoms with Crippen LogP contribution in [-0.4, -0.2) is 94.4 Å². The van der Waals surface area contributed by atoms with Crippen molar-refractivity contribution in [2.75, 3.05) is 18.9 Å². The van der Waals surface area contributed by atoms with Gasteiger partial charge in [0.1, 0.15) is 0 Å². The van der Waals surface area contributed by atoms with Crippen molar-refractivity contribution in [3.05, 3.63) is 39.3 Å². The van der Waals surface area contributed by atoms with E-state index in [0.717, 1.165) is 4.57 Å². The number of hydrogen-bond donors (Lipinski definition) is 5. The first kappa shape index (κ1) is 26.8. The number of hydrogen-bond acceptors (Lipinski definition) is 14. The quantitative estimate of drug-likeness (QED) is 0.138. The molecule has 38 heavy (non-hydrogen) atoms. The van der Waals surface area contributed by atoms with Crippen LogP contribution in [0.3, 0.4) is 0 Å². The molecule has 0 saturated carbocycles. The van der Waals surface area contributed by atoms with Gasteiger partial charge in [-0.2, -0.15) is 0 Å². The zero-order chi connectivity index (χ0) is 27.2. The number of aliphatic hydroxyl groups is 2. The van der Waals surface area contributed by atoms with Gasteiger partial charge in [0.05, 0.1) is 0 Å². The molecule has 206 valence electrons. The molecule has 17 nitrogen and oxygen atoms in total. The van der Waals surface area contributed by atoms with Crippen LogP contribution in [-0.2, 0) is 18.5 Å². The molecule has 3 aromatic heterocycles.